The third kappa shape index (κ3) is 25.2. The van der Waals surface area contributed by atoms with Crippen molar-refractivity contribution in [3.63, 3.8) is 0 Å². The number of nitrogens with one attached hydrogen (secondary N) is 2. The first-order valence-corrected chi connectivity index (χ1v) is 20.7. The van der Waals surface area contributed by atoms with Crippen LogP contribution in [0.15, 0.2) is 34.3 Å². The molecule has 2 N–H and O–H groups in total. The zero-order chi connectivity index (χ0) is 47.0. The first-order chi connectivity index (χ1) is 27.7. The van der Waals surface area contributed by atoms with E-state index in [1.165, 1.54) is 0 Å². The van der Waals surface area contributed by atoms with Crippen LogP contribution >= 0.6 is 0 Å². The Labute approximate surface area is 362 Å². The topological polar surface area (TPSA) is 208 Å². The lowest BCUT2D eigenvalue weighted by atomic mass is 10.1. The third-order valence-corrected chi connectivity index (χ3v) is 7.19. The lowest BCUT2D eigenvalue weighted by Gasteiger charge is -2.34. The van der Waals surface area contributed by atoms with Gasteiger partial charge in [0.15, 0.2) is 0 Å². The predicted octanol–water partition coefficient (Wildman–Crippen LogP) is 10.4. The molecule has 5 amide bonds. The lowest BCUT2D eigenvalue weighted by Crippen LogP contribution is -2.53. The molecular formula is C44H72N6O11. The summed E-state index contributed by atoms with van der Waals surface area (Å²) in [5.41, 5.74) is -3.30. The Morgan fingerprint density at radius 3 is 1.44 bits per heavy atom. The molecule has 0 heterocycles. The van der Waals surface area contributed by atoms with Crippen LogP contribution in [0.5, 0.6) is 5.75 Å². The monoisotopic (exact) mass is 861 g/mol. The third-order valence-electron chi connectivity index (χ3n) is 7.19. The second-order valence-electron chi connectivity index (χ2n) is 19.3. The Morgan fingerprint density at radius 1 is 0.574 bits per heavy atom. The van der Waals surface area contributed by atoms with Gasteiger partial charge in [-0.1, -0.05) is 12.8 Å². The number of ether oxygens (including phenoxy) is 6. The summed E-state index contributed by atoms with van der Waals surface area (Å²) in [6.45, 7) is 27.1. The maximum absolute atomic E-state index is 14.0. The minimum absolute atomic E-state index is 0.0415. The van der Waals surface area contributed by atoms with Crippen LogP contribution in [0.2, 0.25) is 0 Å². The highest BCUT2D eigenvalue weighted by Crippen LogP contribution is 2.20. The molecule has 0 aliphatic heterocycles. The van der Waals surface area contributed by atoms with Crippen LogP contribution in [-0.4, -0.2) is 105 Å². The molecule has 0 atom stereocenters. The number of alkyl carbamates (subject to hydrolysis) is 1. The van der Waals surface area contributed by atoms with Crippen LogP contribution in [0.3, 0.4) is 0 Å². The van der Waals surface area contributed by atoms with Crippen molar-refractivity contribution in [2.75, 3.05) is 19.7 Å². The molecule has 0 saturated carbocycles. The van der Waals surface area contributed by atoms with E-state index in [0.29, 0.717) is 37.1 Å². The maximum atomic E-state index is 14.0. The molecule has 0 bridgehead atoms. The highest BCUT2D eigenvalue weighted by molar-refractivity contribution is 6.05. The molecule has 0 radical (unpaired) electrons. The Hall–Kier alpha value is -5.22. The van der Waals surface area contributed by atoms with Gasteiger partial charge in [-0.05, 0) is 160 Å². The van der Waals surface area contributed by atoms with Crippen molar-refractivity contribution in [3.8, 4) is 5.75 Å². The zero-order valence-corrected chi connectivity index (χ0v) is 39.5. The molecule has 1 aromatic rings. The SMILES string of the molecule is CC(=N)c1ccc(OCCCN(C(=O)OC(C)(C)C)C(=NC(=O)OC(C)(C)C)N(CCCCCCC(=NC(=O)OC(C)(C)C)NC(=O)OC(C)(C)C)C(=O)OC(C)(C)C)cc1. The number of amides is 5. The standard InChI is InChI=1S/C44H72N6O11/c1-30(45)31-23-25-32(26-24-31)56-29-21-28-50(39(55)61-44(14,15)16)34(48-37(53)59-42(8,9)10)49(38(54)60-43(11,12)13)27-20-18-17-19-22-33(46-35(51)57-40(2,3)4)47-36(52)58-41(5,6)7/h23-26,45H,17-22,27-29H2,1-16H3,(H,46,47,51,52). The number of unbranched alkanes of at least 4 members (excludes halogenated alkanes) is 3. The van der Waals surface area contributed by atoms with Gasteiger partial charge in [-0.2, -0.15) is 4.99 Å². The van der Waals surface area contributed by atoms with E-state index in [1.807, 2.05) is 0 Å². The number of rotatable bonds is 13. The van der Waals surface area contributed by atoms with Gasteiger partial charge >= 0.3 is 30.5 Å². The number of benzene rings is 1. The van der Waals surface area contributed by atoms with Gasteiger partial charge in [-0.15, -0.1) is 4.99 Å². The van der Waals surface area contributed by atoms with Gasteiger partial charge in [0.05, 0.1) is 6.61 Å². The Bertz CT molecular complexity index is 1710. The Morgan fingerprint density at radius 2 is 1.00 bits per heavy atom. The Balaban J connectivity index is 3.48. The molecule has 0 spiro atoms. The molecule has 1 rings (SSSR count). The highest BCUT2D eigenvalue weighted by atomic mass is 16.6. The maximum Gasteiger partial charge on any atom is 0.437 e. The number of hydrogen-bond donors (Lipinski definition) is 2. The van der Waals surface area contributed by atoms with Crippen LogP contribution in [0, 0.1) is 5.41 Å². The van der Waals surface area contributed by atoms with Crippen molar-refractivity contribution < 1.29 is 52.4 Å². The first kappa shape index (κ1) is 53.8. The quantitative estimate of drug-likeness (QED) is 0.0825. The van der Waals surface area contributed by atoms with E-state index in [1.54, 1.807) is 135 Å². The summed E-state index contributed by atoms with van der Waals surface area (Å²) >= 11 is 0. The van der Waals surface area contributed by atoms with Crippen molar-refractivity contribution in [1.29, 1.82) is 5.41 Å². The molecule has 0 aromatic heterocycles. The fourth-order valence-electron chi connectivity index (χ4n) is 4.91. The van der Waals surface area contributed by atoms with Crippen molar-refractivity contribution in [1.82, 2.24) is 15.1 Å². The number of guanidine groups is 1. The summed E-state index contributed by atoms with van der Waals surface area (Å²) in [6, 6.07) is 7.02. The normalized spacial score (nSPS) is 12.8. The van der Waals surface area contributed by atoms with E-state index < -0.39 is 58.5 Å². The average molecular weight is 861 g/mol. The van der Waals surface area contributed by atoms with Gasteiger partial charge in [0.2, 0.25) is 5.96 Å². The summed E-state index contributed by atoms with van der Waals surface area (Å²) in [5, 5.41) is 10.4. The zero-order valence-electron chi connectivity index (χ0n) is 39.5. The van der Waals surface area contributed by atoms with Crippen molar-refractivity contribution in [3.05, 3.63) is 29.8 Å². The van der Waals surface area contributed by atoms with Crippen LogP contribution < -0.4 is 10.1 Å². The van der Waals surface area contributed by atoms with Gasteiger partial charge in [0.25, 0.3) is 0 Å². The molecule has 17 heteroatoms. The minimum Gasteiger partial charge on any atom is -0.494 e. The summed E-state index contributed by atoms with van der Waals surface area (Å²) in [5.74, 6) is 0.272. The van der Waals surface area contributed by atoms with E-state index >= 15 is 0 Å². The van der Waals surface area contributed by atoms with Crippen LogP contribution in [-0.2, 0) is 23.7 Å². The number of aliphatic imine (C=N–C) groups is 2. The van der Waals surface area contributed by atoms with Gasteiger partial charge in [0, 0.05) is 25.2 Å². The molecule has 0 saturated heterocycles. The van der Waals surface area contributed by atoms with E-state index in [-0.39, 0.29) is 44.3 Å². The average Bonchev–Trinajstić information content (AvgIpc) is 3.03. The van der Waals surface area contributed by atoms with Crippen molar-refractivity contribution in [2.45, 2.75) is 177 Å². The second-order valence-corrected chi connectivity index (χ2v) is 19.3. The number of carbonyl (C=O) groups is 5. The number of nitrogens with zero attached hydrogens (tertiary/aromatic N) is 4. The molecule has 61 heavy (non-hydrogen) atoms. The van der Waals surface area contributed by atoms with Crippen molar-refractivity contribution >= 4 is 48.0 Å². The molecule has 0 aliphatic carbocycles. The van der Waals surface area contributed by atoms with E-state index in [9.17, 15) is 24.0 Å². The van der Waals surface area contributed by atoms with Crippen LogP contribution in [0.1, 0.15) is 155 Å². The van der Waals surface area contributed by atoms with Gasteiger partial charge in [-0.3, -0.25) is 5.32 Å². The summed E-state index contributed by atoms with van der Waals surface area (Å²) < 4.78 is 33.7. The predicted molar refractivity (Wildman–Crippen MR) is 235 cm³/mol. The summed E-state index contributed by atoms with van der Waals surface area (Å²) in [6.07, 6.45) is -2.11. The summed E-state index contributed by atoms with van der Waals surface area (Å²) in [4.78, 5) is 76.9. The number of hydrogen-bond acceptors (Lipinski definition) is 12. The Kier molecular flexibility index (Phi) is 20.4. The van der Waals surface area contributed by atoms with Gasteiger partial charge in [-0.25, -0.2) is 33.8 Å². The van der Waals surface area contributed by atoms with E-state index in [4.69, 9.17) is 33.8 Å². The molecule has 0 fully saturated rings. The fourth-order valence-corrected chi connectivity index (χ4v) is 4.91. The van der Waals surface area contributed by atoms with E-state index in [2.05, 4.69) is 15.3 Å². The molecular weight excluding hydrogens is 789 g/mol. The van der Waals surface area contributed by atoms with Gasteiger partial charge < -0.3 is 33.8 Å². The molecule has 344 valence electrons. The molecule has 1 aromatic carbocycles. The van der Waals surface area contributed by atoms with Crippen LogP contribution in [0.4, 0.5) is 24.0 Å². The smallest absolute Gasteiger partial charge is 0.437 e. The first-order valence-electron chi connectivity index (χ1n) is 20.7. The number of carbonyl (C=O) groups excluding carboxylic acids is 5. The fraction of sp³-hybridized carbons (Fsp3) is 0.682. The number of amidine groups is 1. The minimum atomic E-state index is -1.04. The molecule has 17 nitrogen and oxygen atoms in total. The van der Waals surface area contributed by atoms with Gasteiger partial charge in [0.1, 0.15) is 39.6 Å². The summed E-state index contributed by atoms with van der Waals surface area (Å²) in [7, 11) is 0. The van der Waals surface area contributed by atoms with E-state index in [0.717, 1.165) is 15.4 Å². The molecule has 0 unspecified atom stereocenters. The highest BCUT2D eigenvalue weighted by Gasteiger charge is 2.35. The lowest BCUT2D eigenvalue weighted by molar-refractivity contribution is 0.0268. The van der Waals surface area contributed by atoms with Crippen molar-refractivity contribution in [2.24, 2.45) is 9.98 Å². The second kappa shape index (κ2) is 23.1. The van der Waals surface area contributed by atoms with Crippen LogP contribution in [0.25, 0.3) is 0 Å². The largest absolute Gasteiger partial charge is 0.494 e. The molecule has 0 aliphatic rings.